The van der Waals surface area contributed by atoms with Crippen LogP contribution < -0.4 is 10.6 Å². The zero-order valence-electron chi connectivity index (χ0n) is 9.07. The zero-order chi connectivity index (χ0) is 11.5. The summed E-state index contributed by atoms with van der Waals surface area (Å²) in [6.07, 6.45) is 0. The fourth-order valence-corrected chi connectivity index (χ4v) is 1.36. The highest BCUT2D eigenvalue weighted by Gasteiger charge is 2.23. The first-order valence-electron chi connectivity index (χ1n) is 4.84. The summed E-state index contributed by atoms with van der Waals surface area (Å²) in [4.78, 5) is 1.77. The lowest BCUT2D eigenvalue weighted by atomic mass is 10.1. The summed E-state index contributed by atoms with van der Waals surface area (Å²) in [5.74, 6) is 0.203. The van der Waals surface area contributed by atoms with Crippen LogP contribution in [0.15, 0.2) is 24.3 Å². The molecular weight excluding hydrogens is 195 g/mol. The Hall–Kier alpha value is -1.29. The van der Waals surface area contributed by atoms with Crippen LogP contribution in [-0.2, 0) is 0 Å². The lowest BCUT2D eigenvalue weighted by Gasteiger charge is -2.27. The maximum Gasteiger partial charge on any atom is 0.137 e. The van der Waals surface area contributed by atoms with Crippen LogP contribution in [0.4, 0.5) is 10.1 Å². The van der Waals surface area contributed by atoms with Crippen molar-refractivity contribution in [3.63, 3.8) is 0 Å². The van der Waals surface area contributed by atoms with Crippen molar-refractivity contribution in [3.05, 3.63) is 24.3 Å². The lowest BCUT2D eigenvalue weighted by Crippen LogP contribution is -2.41. The average Bonchev–Trinajstić information content (AvgIpc) is 2.18. The quantitative estimate of drug-likeness (QED) is 0.795. The Balaban J connectivity index is 2.69. The van der Waals surface area contributed by atoms with E-state index in [0.29, 0.717) is 0 Å². The fourth-order valence-electron chi connectivity index (χ4n) is 1.36. The first-order valence-corrected chi connectivity index (χ1v) is 4.84. The number of rotatable bonds is 4. The minimum atomic E-state index is -1.40. The number of phenolic OH excluding ortho intramolecular Hbond substituents is 1. The summed E-state index contributed by atoms with van der Waals surface area (Å²) in [6, 6.07) is 6.62. The Morgan fingerprint density at radius 1 is 1.40 bits per heavy atom. The highest BCUT2D eigenvalue weighted by atomic mass is 19.1. The van der Waals surface area contributed by atoms with Gasteiger partial charge in [0.25, 0.3) is 0 Å². The molecule has 0 aromatic heterocycles. The predicted octanol–water partition coefficient (Wildman–Crippen LogP) is 1.52. The molecule has 1 atom stereocenters. The van der Waals surface area contributed by atoms with E-state index in [4.69, 9.17) is 10.8 Å². The normalized spacial score (nSPS) is 14.7. The van der Waals surface area contributed by atoms with Crippen LogP contribution >= 0.6 is 0 Å². The Bertz CT molecular complexity index is 311. The molecule has 0 aliphatic heterocycles. The highest BCUT2D eigenvalue weighted by molar-refractivity contribution is 5.48. The number of alkyl halides is 1. The molecule has 0 heterocycles. The maximum absolute atomic E-state index is 13.6. The number of anilines is 1. The largest absolute Gasteiger partial charge is 0.508 e. The third kappa shape index (κ3) is 3.40. The van der Waals surface area contributed by atoms with Crippen LogP contribution in [-0.4, -0.2) is 30.9 Å². The van der Waals surface area contributed by atoms with Crippen molar-refractivity contribution in [1.29, 1.82) is 0 Å². The Morgan fingerprint density at radius 2 is 1.93 bits per heavy atom. The van der Waals surface area contributed by atoms with Crippen molar-refractivity contribution < 1.29 is 9.50 Å². The molecule has 0 bridgehead atoms. The number of phenols is 1. The zero-order valence-corrected chi connectivity index (χ0v) is 9.07. The Kier molecular flexibility index (Phi) is 3.52. The number of hydrogen-bond donors (Lipinski definition) is 2. The predicted molar refractivity (Wildman–Crippen MR) is 59.9 cm³/mol. The topological polar surface area (TPSA) is 49.5 Å². The van der Waals surface area contributed by atoms with Gasteiger partial charge in [0.1, 0.15) is 11.4 Å². The third-order valence-corrected chi connectivity index (χ3v) is 2.28. The second kappa shape index (κ2) is 4.49. The summed E-state index contributed by atoms with van der Waals surface area (Å²) < 4.78 is 13.6. The third-order valence-electron chi connectivity index (χ3n) is 2.28. The number of halogens is 1. The summed E-state index contributed by atoms with van der Waals surface area (Å²) in [6.45, 7) is 1.70. The van der Waals surface area contributed by atoms with E-state index in [9.17, 15) is 4.39 Å². The van der Waals surface area contributed by atoms with E-state index in [2.05, 4.69) is 0 Å². The van der Waals surface area contributed by atoms with Crippen molar-refractivity contribution in [2.75, 3.05) is 25.0 Å². The summed E-state index contributed by atoms with van der Waals surface area (Å²) in [5.41, 5.74) is 4.77. The molecule has 4 heteroatoms. The van der Waals surface area contributed by atoms with Crippen LogP contribution in [0.2, 0.25) is 0 Å². The Labute approximate surface area is 89.3 Å². The Morgan fingerprint density at radius 3 is 2.40 bits per heavy atom. The number of aromatic hydroxyl groups is 1. The van der Waals surface area contributed by atoms with Gasteiger partial charge >= 0.3 is 0 Å². The molecule has 0 radical (unpaired) electrons. The summed E-state index contributed by atoms with van der Waals surface area (Å²) in [5, 5.41) is 9.10. The van der Waals surface area contributed by atoms with Crippen LogP contribution in [0.25, 0.3) is 0 Å². The van der Waals surface area contributed by atoms with Crippen molar-refractivity contribution >= 4 is 5.69 Å². The fraction of sp³-hybridized carbons (Fsp3) is 0.455. The van der Waals surface area contributed by atoms with Gasteiger partial charge in [-0.1, -0.05) is 0 Å². The van der Waals surface area contributed by atoms with Crippen molar-refractivity contribution in [2.24, 2.45) is 5.73 Å². The molecule has 0 aliphatic carbocycles. The van der Waals surface area contributed by atoms with Crippen LogP contribution in [0.3, 0.4) is 0 Å². The van der Waals surface area contributed by atoms with E-state index in [-0.39, 0.29) is 18.8 Å². The highest BCUT2D eigenvalue weighted by Crippen LogP contribution is 2.20. The summed E-state index contributed by atoms with van der Waals surface area (Å²) >= 11 is 0. The van der Waals surface area contributed by atoms with Crippen molar-refractivity contribution in [1.82, 2.24) is 0 Å². The van der Waals surface area contributed by atoms with Gasteiger partial charge in [0.15, 0.2) is 0 Å². The molecule has 15 heavy (non-hydrogen) atoms. The number of hydrogen-bond acceptors (Lipinski definition) is 3. The number of nitrogens with zero attached hydrogens (tertiary/aromatic N) is 1. The van der Waals surface area contributed by atoms with E-state index < -0.39 is 5.67 Å². The van der Waals surface area contributed by atoms with E-state index in [1.807, 2.05) is 0 Å². The molecule has 1 aromatic carbocycles. The molecule has 0 aliphatic rings. The SMILES string of the molecule is CN(CC(C)(F)CN)c1ccc(O)cc1. The van der Waals surface area contributed by atoms with Gasteiger partial charge in [-0.2, -0.15) is 0 Å². The first-order chi connectivity index (χ1) is 6.94. The van der Waals surface area contributed by atoms with E-state index >= 15 is 0 Å². The van der Waals surface area contributed by atoms with Crippen molar-refractivity contribution in [3.8, 4) is 5.75 Å². The van der Waals surface area contributed by atoms with Crippen LogP contribution in [0.1, 0.15) is 6.92 Å². The van der Waals surface area contributed by atoms with E-state index in [0.717, 1.165) is 5.69 Å². The molecule has 84 valence electrons. The second-order valence-corrected chi connectivity index (χ2v) is 3.99. The van der Waals surface area contributed by atoms with Gasteiger partial charge in [0, 0.05) is 19.3 Å². The molecule has 3 N–H and O–H groups in total. The van der Waals surface area contributed by atoms with Gasteiger partial charge in [-0.25, -0.2) is 4.39 Å². The first kappa shape index (κ1) is 11.8. The molecule has 0 saturated carbocycles. The molecule has 1 aromatic rings. The van der Waals surface area contributed by atoms with E-state index in [1.165, 1.54) is 6.92 Å². The molecule has 3 nitrogen and oxygen atoms in total. The molecular formula is C11H17FN2O. The molecule has 0 saturated heterocycles. The average molecular weight is 212 g/mol. The van der Waals surface area contributed by atoms with E-state index in [1.54, 1.807) is 36.2 Å². The molecule has 1 unspecified atom stereocenters. The van der Waals surface area contributed by atoms with Gasteiger partial charge in [-0.15, -0.1) is 0 Å². The minimum absolute atomic E-state index is 0.00454. The minimum Gasteiger partial charge on any atom is -0.508 e. The molecule has 1 rings (SSSR count). The van der Waals surface area contributed by atoms with Crippen LogP contribution in [0.5, 0.6) is 5.75 Å². The van der Waals surface area contributed by atoms with Crippen LogP contribution in [0, 0.1) is 0 Å². The smallest absolute Gasteiger partial charge is 0.137 e. The second-order valence-electron chi connectivity index (χ2n) is 3.99. The van der Waals surface area contributed by atoms with Gasteiger partial charge < -0.3 is 15.7 Å². The van der Waals surface area contributed by atoms with Gasteiger partial charge in [0.2, 0.25) is 0 Å². The van der Waals surface area contributed by atoms with Crippen molar-refractivity contribution in [2.45, 2.75) is 12.6 Å². The monoisotopic (exact) mass is 212 g/mol. The van der Waals surface area contributed by atoms with Gasteiger partial charge in [0.05, 0.1) is 6.54 Å². The lowest BCUT2D eigenvalue weighted by molar-refractivity contribution is 0.208. The number of benzene rings is 1. The number of nitrogens with two attached hydrogens (primary N) is 1. The van der Waals surface area contributed by atoms with Gasteiger partial charge in [-0.3, -0.25) is 0 Å². The molecule has 0 fully saturated rings. The molecule has 0 amide bonds. The maximum atomic E-state index is 13.6. The van der Waals surface area contributed by atoms with Gasteiger partial charge in [-0.05, 0) is 31.2 Å². The summed E-state index contributed by atoms with van der Waals surface area (Å²) in [7, 11) is 1.79. The molecule has 0 spiro atoms. The standard InChI is InChI=1S/C11H17FN2O/c1-11(12,7-13)8-14(2)9-3-5-10(15)6-4-9/h3-6,15H,7-8,13H2,1-2H3.